The van der Waals surface area contributed by atoms with Crippen molar-refractivity contribution in [2.45, 2.75) is 18.9 Å². The topological polar surface area (TPSA) is 62.2 Å². The number of rotatable bonds is 3. The van der Waals surface area contributed by atoms with Gasteiger partial charge in [0.25, 0.3) is 0 Å². The molecule has 2 N–H and O–H groups in total. The van der Waals surface area contributed by atoms with Gasteiger partial charge in [-0.3, -0.25) is 10.00 Å². The van der Waals surface area contributed by atoms with Gasteiger partial charge in [0.1, 0.15) is 5.82 Å². The van der Waals surface area contributed by atoms with Gasteiger partial charge in [-0.1, -0.05) is 12.1 Å². The lowest BCUT2D eigenvalue weighted by atomic mass is 10.0. The monoisotopic (exact) mass is 317 g/mol. The van der Waals surface area contributed by atoms with Gasteiger partial charge in [0, 0.05) is 38.4 Å². The maximum absolute atomic E-state index is 13.9. The summed E-state index contributed by atoms with van der Waals surface area (Å²) in [6.45, 7) is 1.39. The summed E-state index contributed by atoms with van der Waals surface area (Å²) in [6.07, 6.45) is 3.54. The number of para-hydroxylation sites is 1. The Hall–Kier alpha value is -2.57. The molecule has 0 aliphatic carbocycles. The number of nitrogens with zero attached hydrogens (tertiary/aromatic N) is 3. The fourth-order valence-corrected chi connectivity index (χ4v) is 2.84. The van der Waals surface area contributed by atoms with Crippen molar-refractivity contribution in [1.82, 2.24) is 15.1 Å². The second kappa shape index (κ2) is 6.68. The molecule has 1 aromatic carbocycles. The van der Waals surface area contributed by atoms with Crippen LogP contribution < -0.4 is 15.5 Å². The van der Waals surface area contributed by atoms with Gasteiger partial charge in [-0.25, -0.2) is 9.18 Å². The number of anilines is 2. The molecule has 0 unspecified atom stereocenters. The first-order chi connectivity index (χ1) is 11.1. The molecule has 0 saturated carbocycles. The van der Waals surface area contributed by atoms with Crippen LogP contribution in [0.25, 0.3) is 0 Å². The molecule has 1 aliphatic heterocycles. The van der Waals surface area contributed by atoms with E-state index in [0.717, 1.165) is 19.4 Å². The van der Waals surface area contributed by atoms with E-state index in [1.165, 1.54) is 6.07 Å². The Morgan fingerprint density at radius 2 is 2.17 bits per heavy atom. The molecule has 7 heteroatoms. The molecule has 23 heavy (non-hydrogen) atoms. The molecular formula is C16H20FN5O. The lowest BCUT2D eigenvalue weighted by molar-refractivity contribution is 0.246. The number of carbonyl (C=O) groups is 1. The second-order valence-electron chi connectivity index (χ2n) is 5.71. The van der Waals surface area contributed by atoms with Gasteiger partial charge in [0.2, 0.25) is 0 Å². The van der Waals surface area contributed by atoms with Crippen molar-refractivity contribution in [3.8, 4) is 0 Å². The van der Waals surface area contributed by atoms with Crippen LogP contribution in [0.3, 0.4) is 0 Å². The molecule has 3 rings (SSSR count). The van der Waals surface area contributed by atoms with Gasteiger partial charge in [-0.2, -0.15) is 5.10 Å². The summed E-state index contributed by atoms with van der Waals surface area (Å²) < 4.78 is 15.5. The maximum atomic E-state index is 13.9. The van der Waals surface area contributed by atoms with E-state index < -0.39 is 0 Å². The van der Waals surface area contributed by atoms with Gasteiger partial charge in [0.15, 0.2) is 5.82 Å². The van der Waals surface area contributed by atoms with E-state index >= 15 is 0 Å². The van der Waals surface area contributed by atoms with Crippen molar-refractivity contribution in [2.24, 2.45) is 7.05 Å². The first-order valence-corrected chi connectivity index (χ1v) is 7.68. The van der Waals surface area contributed by atoms with Gasteiger partial charge in [-0.05, 0) is 25.0 Å². The van der Waals surface area contributed by atoms with Crippen molar-refractivity contribution in [3.05, 3.63) is 42.3 Å². The standard InChI is InChI=1S/C16H20FN5O/c1-21-10-8-15(20-21)19-16(23)18-12-5-4-9-22(11-12)14-7-3-2-6-13(14)17/h2-3,6-8,10,12H,4-5,9,11H2,1H3,(H2,18,19,20,23)/t12-/m1/s1. The highest BCUT2D eigenvalue weighted by atomic mass is 19.1. The predicted molar refractivity (Wildman–Crippen MR) is 87.0 cm³/mol. The highest BCUT2D eigenvalue weighted by Crippen LogP contribution is 2.22. The maximum Gasteiger partial charge on any atom is 0.320 e. The number of carbonyl (C=O) groups excluding carboxylic acids is 1. The molecule has 1 saturated heterocycles. The van der Waals surface area contributed by atoms with Crippen molar-refractivity contribution in [1.29, 1.82) is 0 Å². The van der Waals surface area contributed by atoms with Crippen LogP contribution in [-0.2, 0) is 7.05 Å². The number of amides is 2. The Morgan fingerprint density at radius 3 is 2.91 bits per heavy atom. The SMILES string of the molecule is Cn1ccc(NC(=O)N[C@@H]2CCCN(c3ccccc3F)C2)n1. The first-order valence-electron chi connectivity index (χ1n) is 7.68. The number of benzene rings is 1. The van der Waals surface area contributed by atoms with Crippen LogP contribution in [0.5, 0.6) is 0 Å². The molecule has 0 spiro atoms. The van der Waals surface area contributed by atoms with Crippen LogP contribution >= 0.6 is 0 Å². The Labute approximate surface area is 134 Å². The number of aryl methyl sites for hydroxylation is 1. The number of nitrogens with one attached hydrogen (secondary N) is 2. The highest BCUT2D eigenvalue weighted by Gasteiger charge is 2.23. The van der Waals surface area contributed by atoms with Crippen molar-refractivity contribution >= 4 is 17.5 Å². The van der Waals surface area contributed by atoms with E-state index in [2.05, 4.69) is 15.7 Å². The molecule has 122 valence electrons. The van der Waals surface area contributed by atoms with E-state index in [1.807, 2.05) is 11.0 Å². The zero-order valence-corrected chi connectivity index (χ0v) is 13.0. The van der Waals surface area contributed by atoms with Crippen LogP contribution in [0.4, 0.5) is 20.7 Å². The molecule has 6 nitrogen and oxygen atoms in total. The van der Waals surface area contributed by atoms with Gasteiger partial charge in [-0.15, -0.1) is 0 Å². The van der Waals surface area contributed by atoms with Gasteiger partial charge >= 0.3 is 6.03 Å². The average molecular weight is 317 g/mol. The fraction of sp³-hybridized carbons (Fsp3) is 0.375. The normalized spacial score (nSPS) is 17.8. The Bertz CT molecular complexity index is 687. The molecule has 1 aromatic heterocycles. The highest BCUT2D eigenvalue weighted by molar-refractivity contribution is 5.88. The first kappa shape index (κ1) is 15.3. The third-order valence-electron chi connectivity index (χ3n) is 3.90. The number of urea groups is 1. The van der Waals surface area contributed by atoms with E-state index in [-0.39, 0.29) is 17.9 Å². The van der Waals surface area contributed by atoms with Crippen LogP contribution in [0, 0.1) is 5.82 Å². The molecule has 1 aliphatic rings. The van der Waals surface area contributed by atoms with E-state index in [0.29, 0.717) is 18.1 Å². The van der Waals surface area contributed by atoms with Crippen LogP contribution in [0.1, 0.15) is 12.8 Å². The Morgan fingerprint density at radius 1 is 1.35 bits per heavy atom. The van der Waals surface area contributed by atoms with Crippen LogP contribution in [0.2, 0.25) is 0 Å². The fourth-order valence-electron chi connectivity index (χ4n) is 2.84. The molecule has 2 aromatic rings. The molecule has 0 bridgehead atoms. The summed E-state index contributed by atoms with van der Waals surface area (Å²) in [5.41, 5.74) is 0.587. The van der Waals surface area contributed by atoms with Crippen molar-refractivity contribution in [2.75, 3.05) is 23.3 Å². The second-order valence-corrected chi connectivity index (χ2v) is 5.71. The average Bonchev–Trinajstić information content (AvgIpc) is 2.93. The molecule has 1 fully saturated rings. The summed E-state index contributed by atoms with van der Waals surface area (Å²) >= 11 is 0. The molecule has 2 amide bonds. The predicted octanol–water partition coefficient (Wildman–Crippen LogP) is 2.35. The quantitative estimate of drug-likeness (QED) is 0.913. The largest absolute Gasteiger partial charge is 0.367 e. The molecule has 1 atom stereocenters. The molecule has 2 heterocycles. The minimum atomic E-state index is -0.288. The number of hydrogen-bond acceptors (Lipinski definition) is 3. The van der Waals surface area contributed by atoms with E-state index in [1.54, 1.807) is 36.1 Å². The van der Waals surface area contributed by atoms with Crippen LogP contribution in [-0.4, -0.2) is 34.9 Å². The Balaban J connectivity index is 1.58. The van der Waals surface area contributed by atoms with E-state index in [4.69, 9.17) is 0 Å². The summed E-state index contributed by atoms with van der Waals surface area (Å²) in [7, 11) is 1.79. The summed E-state index contributed by atoms with van der Waals surface area (Å²) in [5, 5.41) is 9.74. The summed E-state index contributed by atoms with van der Waals surface area (Å²) in [5.74, 6) is 0.276. The third-order valence-corrected chi connectivity index (χ3v) is 3.90. The number of aromatic nitrogens is 2. The third kappa shape index (κ3) is 3.80. The number of piperidine rings is 1. The smallest absolute Gasteiger partial charge is 0.320 e. The number of hydrogen-bond donors (Lipinski definition) is 2. The van der Waals surface area contributed by atoms with E-state index in [9.17, 15) is 9.18 Å². The number of halogens is 1. The lowest BCUT2D eigenvalue weighted by Gasteiger charge is -2.34. The lowest BCUT2D eigenvalue weighted by Crippen LogP contribution is -2.49. The minimum Gasteiger partial charge on any atom is -0.367 e. The molecular weight excluding hydrogens is 297 g/mol. The van der Waals surface area contributed by atoms with Gasteiger partial charge in [0.05, 0.1) is 5.69 Å². The Kier molecular flexibility index (Phi) is 4.45. The summed E-state index contributed by atoms with van der Waals surface area (Å²) in [4.78, 5) is 14.0. The van der Waals surface area contributed by atoms with Crippen molar-refractivity contribution in [3.63, 3.8) is 0 Å². The van der Waals surface area contributed by atoms with Gasteiger partial charge < -0.3 is 10.2 Å². The van der Waals surface area contributed by atoms with Crippen LogP contribution in [0.15, 0.2) is 36.5 Å². The minimum absolute atomic E-state index is 0.0212. The summed E-state index contributed by atoms with van der Waals surface area (Å²) in [6, 6.07) is 8.15. The zero-order chi connectivity index (χ0) is 16.2. The van der Waals surface area contributed by atoms with Crippen molar-refractivity contribution < 1.29 is 9.18 Å². The molecule has 0 radical (unpaired) electrons. The zero-order valence-electron chi connectivity index (χ0n) is 13.0.